The summed E-state index contributed by atoms with van der Waals surface area (Å²) in [5.41, 5.74) is 0.234. The molecule has 0 unspecified atom stereocenters. The highest BCUT2D eigenvalue weighted by atomic mass is 32.1. The maximum Gasteiger partial charge on any atom is 0.326 e. The van der Waals surface area contributed by atoms with Crippen LogP contribution in [0.3, 0.4) is 0 Å². The Balaban J connectivity index is 2.17. The number of carboxylic acid groups (broad SMARTS) is 1. The van der Waals surface area contributed by atoms with Gasteiger partial charge in [0.15, 0.2) is 5.69 Å². The van der Waals surface area contributed by atoms with E-state index in [4.69, 9.17) is 5.11 Å². The van der Waals surface area contributed by atoms with Crippen molar-refractivity contribution in [2.75, 3.05) is 6.54 Å². The number of hydrogen-bond donors (Lipinski definition) is 1. The van der Waals surface area contributed by atoms with Crippen LogP contribution in [0.2, 0.25) is 0 Å². The number of rotatable bonds is 2. The van der Waals surface area contributed by atoms with E-state index in [2.05, 4.69) is 8.75 Å². The lowest BCUT2D eigenvalue weighted by molar-refractivity contribution is -0.143. The van der Waals surface area contributed by atoms with Gasteiger partial charge in [-0.25, -0.2) is 4.79 Å². The maximum absolute atomic E-state index is 11.9. The molecule has 0 saturated carbocycles. The zero-order chi connectivity index (χ0) is 11.5. The molecule has 1 fully saturated rings. The molecular formula is C9H11N3O3S. The third-order valence-electron chi connectivity index (χ3n) is 2.63. The molecule has 1 aliphatic heterocycles. The number of amides is 1. The molecule has 1 aromatic heterocycles. The van der Waals surface area contributed by atoms with Crippen molar-refractivity contribution in [2.24, 2.45) is 0 Å². The largest absolute Gasteiger partial charge is 0.480 e. The van der Waals surface area contributed by atoms with Crippen LogP contribution in [-0.2, 0) is 4.79 Å². The fourth-order valence-corrected chi connectivity index (χ4v) is 2.24. The van der Waals surface area contributed by atoms with Crippen LogP contribution in [0.25, 0.3) is 0 Å². The monoisotopic (exact) mass is 241 g/mol. The van der Waals surface area contributed by atoms with Gasteiger partial charge in [0.25, 0.3) is 5.91 Å². The molecular weight excluding hydrogens is 230 g/mol. The van der Waals surface area contributed by atoms with Crippen LogP contribution in [0, 0.1) is 0 Å². The van der Waals surface area contributed by atoms with Crippen molar-refractivity contribution >= 4 is 23.6 Å². The molecule has 0 aliphatic carbocycles. The first-order chi connectivity index (χ1) is 7.70. The quantitative estimate of drug-likeness (QED) is 0.820. The molecule has 2 heterocycles. The third-order valence-corrected chi connectivity index (χ3v) is 3.11. The number of piperidine rings is 1. The van der Waals surface area contributed by atoms with Gasteiger partial charge in [0.05, 0.1) is 17.9 Å². The average molecular weight is 241 g/mol. The fourth-order valence-electron chi connectivity index (χ4n) is 1.84. The molecule has 6 nitrogen and oxygen atoms in total. The lowest BCUT2D eigenvalue weighted by atomic mass is 10.0. The van der Waals surface area contributed by atoms with Crippen molar-refractivity contribution in [1.29, 1.82) is 0 Å². The molecule has 1 amide bonds. The number of nitrogens with zero attached hydrogens (tertiary/aromatic N) is 3. The van der Waals surface area contributed by atoms with Crippen LogP contribution in [0.4, 0.5) is 0 Å². The summed E-state index contributed by atoms with van der Waals surface area (Å²) < 4.78 is 7.58. The van der Waals surface area contributed by atoms with Crippen molar-refractivity contribution in [3.8, 4) is 0 Å². The van der Waals surface area contributed by atoms with E-state index in [0.717, 1.165) is 24.6 Å². The number of carboxylic acids is 1. The van der Waals surface area contributed by atoms with E-state index in [1.165, 1.54) is 11.1 Å². The van der Waals surface area contributed by atoms with Gasteiger partial charge in [-0.2, -0.15) is 8.75 Å². The number of hydrogen-bond acceptors (Lipinski definition) is 5. The molecule has 7 heteroatoms. The first kappa shape index (κ1) is 11.0. The highest BCUT2D eigenvalue weighted by Gasteiger charge is 2.33. The van der Waals surface area contributed by atoms with Crippen LogP contribution < -0.4 is 0 Å². The Bertz CT molecular complexity index is 393. The number of likely N-dealkylation sites (tertiary alicyclic amines) is 1. The first-order valence-electron chi connectivity index (χ1n) is 5.01. The second-order valence-corrected chi connectivity index (χ2v) is 4.20. The number of aromatic nitrogens is 2. The molecule has 86 valence electrons. The van der Waals surface area contributed by atoms with Crippen molar-refractivity contribution in [1.82, 2.24) is 13.6 Å². The van der Waals surface area contributed by atoms with E-state index >= 15 is 0 Å². The Kier molecular flexibility index (Phi) is 3.14. The summed E-state index contributed by atoms with van der Waals surface area (Å²) >= 11 is 0.947. The summed E-state index contributed by atoms with van der Waals surface area (Å²) in [6.45, 7) is 0.479. The molecule has 1 saturated heterocycles. The number of carbonyl (C=O) groups is 2. The predicted molar refractivity (Wildman–Crippen MR) is 56.2 cm³/mol. The standard InChI is InChI=1S/C9H11N3O3S/c13-8(6-5-10-16-11-6)12-4-2-1-3-7(12)9(14)15/h5,7H,1-4H2,(H,14,15)/t7-/m0/s1. The van der Waals surface area contributed by atoms with Gasteiger partial charge in [-0.15, -0.1) is 0 Å². The lowest BCUT2D eigenvalue weighted by Gasteiger charge is -2.32. The van der Waals surface area contributed by atoms with E-state index in [0.29, 0.717) is 13.0 Å². The second-order valence-electron chi connectivity index (χ2n) is 3.64. The van der Waals surface area contributed by atoms with E-state index in [1.807, 2.05) is 0 Å². The minimum atomic E-state index is -0.948. The van der Waals surface area contributed by atoms with Crippen molar-refractivity contribution in [2.45, 2.75) is 25.3 Å². The molecule has 0 aromatic carbocycles. The summed E-state index contributed by atoms with van der Waals surface area (Å²) in [5, 5.41) is 9.03. The van der Waals surface area contributed by atoms with E-state index in [9.17, 15) is 9.59 Å². The molecule has 1 aliphatic rings. The summed E-state index contributed by atoms with van der Waals surface area (Å²) in [5.74, 6) is -1.28. The molecule has 0 bridgehead atoms. The second kappa shape index (κ2) is 4.56. The van der Waals surface area contributed by atoms with E-state index in [1.54, 1.807) is 0 Å². The van der Waals surface area contributed by atoms with Gasteiger partial charge in [-0.1, -0.05) is 0 Å². The minimum absolute atomic E-state index is 0.234. The Morgan fingerprint density at radius 2 is 2.31 bits per heavy atom. The van der Waals surface area contributed by atoms with Gasteiger partial charge in [-0.3, -0.25) is 4.79 Å². The summed E-state index contributed by atoms with van der Waals surface area (Å²) in [4.78, 5) is 24.3. The van der Waals surface area contributed by atoms with Crippen LogP contribution >= 0.6 is 11.7 Å². The fraction of sp³-hybridized carbons (Fsp3) is 0.556. The SMILES string of the molecule is O=C(O)[C@@H]1CCCCN1C(=O)c1cnsn1. The molecule has 1 N–H and O–H groups in total. The van der Waals surface area contributed by atoms with Gasteiger partial charge < -0.3 is 10.0 Å². The topological polar surface area (TPSA) is 83.4 Å². The Labute approximate surface area is 96.2 Å². The summed E-state index contributed by atoms with van der Waals surface area (Å²) in [7, 11) is 0. The molecule has 0 radical (unpaired) electrons. The van der Waals surface area contributed by atoms with Crippen LogP contribution in [0.15, 0.2) is 6.20 Å². The highest BCUT2D eigenvalue weighted by Crippen LogP contribution is 2.19. The Hall–Kier alpha value is -1.50. The Morgan fingerprint density at radius 3 is 2.94 bits per heavy atom. The summed E-state index contributed by atoms with van der Waals surface area (Å²) in [6, 6.07) is -0.719. The first-order valence-corrected chi connectivity index (χ1v) is 5.74. The molecule has 2 rings (SSSR count). The van der Waals surface area contributed by atoms with Gasteiger partial charge in [0, 0.05) is 6.54 Å². The zero-order valence-electron chi connectivity index (χ0n) is 8.50. The molecule has 16 heavy (non-hydrogen) atoms. The average Bonchev–Trinajstić information content (AvgIpc) is 2.81. The number of carbonyl (C=O) groups excluding carboxylic acids is 1. The van der Waals surface area contributed by atoms with E-state index in [-0.39, 0.29) is 11.6 Å². The summed E-state index contributed by atoms with van der Waals surface area (Å²) in [6.07, 6.45) is 3.57. The van der Waals surface area contributed by atoms with Crippen LogP contribution in [0.1, 0.15) is 29.8 Å². The number of aliphatic carboxylic acids is 1. The zero-order valence-corrected chi connectivity index (χ0v) is 9.31. The van der Waals surface area contributed by atoms with Gasteiger partial charge in [0.1, 0.15) is 6.04 Å². The van der Waals surface area contributed by atoms with Crippen LogP contribution in [0.5, 0.6) is 0 Å². The van der Waals surface area contributed by atoms with Crippen molar-refractivity contribution in [3.05, 3.63) is 11.9 Å². The lowest BCUT2D eigenvalue weighted by Crippen LogP contribution is -2.48. The normalized spacial score (nSPS) is 20.8. The van der Waals surface area contributed by atoms with Gasteiger partial charge in [0.2, 0.25) is 0 Å². The minimum Gasteiger partial charge on any atom is -0.480 e. The molecule has 1 atom stereocenters. The van der Waals surface area contributed by atoms with Gasteiger partial charge >= 0.3 is 5.97 Å². The van der Waals surface area contributed by atoms with Gasteiger partial charge in [-0.05, 0) is 19.3 Å². The predicted octanol–water partition coefficient (Wildman–Crippen LogP) is 0.617. The third kappa shape index (κ3) is 2.04. The van der Waals surface area contributed by atoms with Crippen molar-refractivity contribution < 1.29 is 14.7 Å². The smallest absolute Gasteiger partial charge is 0.326 e. The molecule has 0 spiro atoms. The van der Waals surface area contributed by atoms with Crippen LogP contribution in [-0.4, -0.2) is 43.2 Å². The maximum atomic E-state index is 11.9. The van der Waals surface area contributed by atoms with Crippen molar-refractivity contribution in [3.63, 3.8) is 0 Å². The molecule has 1 aromatic rings. The van der Waals surface area contributed by atoms with E-state index < -0.39 is 12.0 Å². The Morgan fingerprint density at radius 1 is 1.50 bits per heavy atom. The highest BCUT2D eigenvalue weighted by molar-refractivity contribution is 6.99.